The van der Waals surface area contributed by atoms with Crippen LogP contribution < -0.4 is 0 Å². The van der Waals surface area contributed by atoms with Crippen molar-refractivity contribution >= 4 is 0 Å². The number of aliphatic hydroxyl groups excluding tert-OH is 1. The predicted octanol–water partition coefficient (Wildman–Crippen LogP) is 0.673. The number of fused-ring (bicyclic) bond motifs is 1. The first-order valence-electron chi connectivity index (χ1n) is 4.48. The summed E-state index contributed by atoms with van der Waals surface area (Å²) in [6.07, 6.45) is 3.48. The van der Waals surface area contributed by atoms with Gasteiger partial charge in [-0.05, 0) is 26.2 Å². The average Bonchev–Trinajstić information content (AvgIpc) is 2.56. The molecule has 0 bridgehead atoms. The highest BCUT2D eigenvalue weighted by Crippen LogP contribution is 2.22. The third-order valence-electron chi connectivity index (χ3n) is 2.50. The molecular weight excluding hydrogens is 152 g/mol. The van der Waals surface area contributed by atoms with Crippen molar-refractivity contribution in [1.29, 1.82) is 0 Å². The van der Waals surface area contributed by atoms with Crippen LogP contribution in [0.15, 0.2) is 0 Å². The highest BCUT2D eigenvalue weighted by atomic mass is 16.3. The van der Waals surface area contributed by atoms with Crippen molar-refractivity contribution in [1.82, 2.24) is 9.55 Å². The second kappa shape index (κ2) is 2.90. The van der Waals surface area contributed by atoms with Crippen molar-refractivity contribution < 1.29 is 5.11 Å². The van der Waals surface area contributed by atoms with Gasteiger partial charge < -0.3 is 9.67 Å². The van der Waals surface area contributed by atoms with Crippen molar-refractivity contribution in [3.63, 3.8) is 0 Å². The van der Waals surface area contributed by atoms with E-state index in [1.807, 2.05) is 6.92 Å². The van der Waals surface area contributed by atoms with Crippen LogP contribution in [-0.4, -0.2) is 21.3 Å². The third kappa shape index (κ3) is 1.05. The van der Waals surface area contributed by atoms with Gasteiger partial charge in [0.1, 0.15) is 5.82 Å². The Morgan fingerprint density at radius 1 is 1.50 bits per heavy atom. The highest BCUT2D eigenvalue weighted by Gasteiger charge is 2.18. The minimum atomic E-state index is 0.212. The van der Waals surface area contributed by atoms with Gasteiger partial charge in [-0.2, -0.15) is 0 Å². The summed E-state index contributed by atoms with van der Waals surface area (Å²) in [7, 11) is 0. The van der Waals surface area contributed by atoms with E-state index in [0.29, 0.717) is 6.54 Å². The summed E-state index contributed by atoms with van der Waals surface area (Å²) in [5.74, 6) is 1.05. The Kier molecular flexibility index (Phi) is 1.89. The van der Waals surface area contributed by atoms with Crippen LogP contribution in [0.25, 0.3) is 0 Å². The lowest BCUT2D eigenvalue weighted by Gasteiger charge is -2.05. The van der Waals surface area contributed by atoms with E-state index in [0.717, 1.165) is 18.7 Å². The van der Waals surface area contributed by atoms with Gasteiger partial charge in [-0.25, -0.2) is 4.98 Å². The fourth-order valence-electron chi connectivity index (χ4n) is 1.97. The number of rotatable bonds is 2. The van der Waals surface area contributed by atoms with Crippen molar-refractivity contribution in [3.05, 3.63) is 17.2 Å². The molecule has 0 fully saturated rings. The first kappa shape index (κ1) is 7.80. The van der Waals surface area contributed by atoms with Gasteiger partial charge in [0.25, 0.3) is 0 Å². The summed E-state index contributed by atoms with van der Waals surface area (Å²) in [4.78, 5) is 4.46. The maximum Gasteiger partial charge on any atom is 0.106 e. The van der Waals surface area contributed by atoms with Gasteiger partial charge in [-0.15, -0.1) is 0 Å². The predicted molar refractivity (Wildman–Crippen MR) is 46.1 cm³/mol. The minimum absolute atomic E-state index is 0.212. The normalized spacial score (nSPS) is 15.2. The van der Waals surface area contributed by atoms with E-state index in [2.05, 4.69) is 9.55 Å². The summed E-state index contributed by atoms with van der Waals surface area (Å²) < 4.78 is 2.14. The molecule has 0 amide bonds. The second-order valence-electron chi connectivity index (χ2n) is 3.28. The fourth-order valence-corrected chi connectivity index (χ4v) is 1.97. The van der Waals surface area contributed by atoms with Crippen LogP contribution in [0.2, 0.25) is 0 Å². The lowest BCUT2D eigenvalue weighted by atomic mass is 10.3. The van der Waals surface area contributed by atoms with Gasteiger partial charge >= 0.3 is 0 Å². The molecule has 1 aromatic rings. The van der Waals surface area contributed by atoms with Crippen LogP contribution in [0.3, 0.4) is 0 Å². The van der Waals surface area contributed by atoms with Gasteiger partial charge in [0.05, 0.1) is 12.3 Å². The van der Waals surface area contributed by atoms with E-state index in [1.54, 1.807) is 0 Å². The van der Waals surface area contributed by atoms with Gasteiger partial charge in [-0.3, -0.25) is 0 Å². The number of aliphatic hydroxyl groups is 1. The Morgan fingerprint density at radius 3 is 3.08 bits per heavy atom. The van der Waals surface area contributed by atoms with Gasteiger partial charge in [0.15, 0.2) is 0 Å². The molecule has 0 saturated carbocycles. The second-order valence-corrected chi connectivity index (χ2v) is 3.28. The zero-order valence-corrected chi connectivity index (χ0v) is 7.38. The molecule has 1 heterocycles. The summed E-state index contributed by atoms with van der Waals surface area (Å²) >= 11 is 0. The molecule has 1 aliphatic rings. The maximum atomic E-state index is 8.85. The van der Waals surface area contributed by atoms with E-state index < -0.39 is 0 Å². The van der Waals surface area contributed by atoms with Crippen LogP contribution in [0.4, 0.5) is 0 Å². The van der Waals surface area contributed by atoms with E-state index >= 15 is 0 Å². The number of aromatic nitrogens is 2. The molecule has 2 rings (SSSR count). The van der Waals surface area contributed by atoms with E-state index in [4.69, 9.17) is 5.11 Å². The first-order chi connectivity index (χ1) is 5.83. The van der Waals surface area contributed by atoms with Crippen LogP contribution >= 0.6 is 0 Å². The highest BCUT2D eigenvalue weighted by molar-refractivity contribution is 5.21. The maximum absolute atomic E-state index is 8.85. The van der Waals surface area contributed by atoms with Crippen molar-refractivity contribution in [2.45, 2.75) is 32.7 Å². The lowest BCUT2D eigenvalue weighted by Crippen LogP contribution is -2.07. The van der Waals surface area contributed by atoms with Crippen molar-refractivity contribution in [3.8, 4) is 0 Å². The van der Waals surface area contributed by atoms with E-state index in [9.17, 15) is 0 Å². The smallest absolute Gasteiger partial charge is 0.106 e. The van der Waals surface area contributed by atoms with Crippen LogP contribution in [-0.2, 0) is 19.4 Å². The molecule has 1 N–H and O–H groups in total. The SMILES string of the molecule is Cc1nc2c(n1CCO)CCC2. The molecule has 0 atom stereocenters. The first-order valence-corrected chi connectivity index (χ1v) is 4.48. The summed E-state index contributed by atoms with van der Waals surface area (Å²) in [5, 5.41) is 8.85. The quantitative estimate of drug-likeness (QED) is 0.701. The number of aryl methyl sites for hydroxylation is 2. The fraction of sp³-hybridized carbons (Fsp3) is 0.667. The zero-order valence-electron chi connectivity index (χ0n) is 7.38. The van der Waals surface area contributed by atoms with E-state index in [1.165, 1.54) is 17.8 Å². The molecule has 3 heteroatoms. The Labute approximate surface area is 72.0 Å². The Bertz CT molecular complexity index is 291. The Hall–Kier alpha value is -0.830. The minimum Gasteiger partial charge on any atom is -0.395 e. The molecule has 1 aromatic heterocycles. The molecule has 66 valence electrons. The number of hydrogen-bond donors (Lipinski definition) is 1. The molecular formula is C9H14N2O. The molecule has 0 saturated heterocycles. The summed E-state index contributed by atoms with van der Waals surface area (Å²) in [6, 6.07) is 0. The van der Waals surface area contributed by atoms with Gasteiger partial charge in [0, 0.05) is 12.2 Å². The largest absolute Gasteiger partial charge is 0.395 e. The van der Waals surface area contributed by atoms with Crippen LogP contribution in [0.5, 0.6) is 0 Å². The molecule has 0 radical (unpaired) electrons. The summed E-state index contributed by atoms with van der Waals surface area (Å²) in [5.41, 5.74) is 2.60. The van der Waals surface area contributed by atoms with Crippen molar-refractivity contribution in [2.24, 2.45) is 0 Å². The lowest BCUT2D eigenvalue weighted by molar-refractivity contribution is 0.273. The molecule has 0 aromatic carbocycles. The zero-order chi connectivity index (χ0) is 8.55. The molecule has 3 nitrogen and oxygen atoms in total. The topological polar surface area (TPSA) is 38.0 Å². The molecule has 0 aliphatic heterocycles. The molecule has 0 unspecified atom stereocenters. The van der Waals surface area contributed by atoms with Gasteiger partial charge in [-0.1, -0.05) is 0 Å². The number of imidazole rings is 1. The van der Waals surface area contributed by atoms with E-state index in [-0.39, 0.29) is 6.61 Å². The number of nitrogens with zero attached hydrogens (tertiary/aromatic N) is 2. The monoisotopic (exact) mass is 166 g/mol. The Morgan fingerprint density at radius 2 is 2.33 bits per heavy atom. The Balaban J connectivity index is 2.38. The van der Waals surface area contributed by atoms with Crippen molar-refractivity contribution in [2.75, 3.05) is 6.61 Å². The standard InChI is InChI=1S/C9H14N2O/c1-7-10-8-3-2-4-9(8)11(7)5-6-12/h12H,2-6H2,1H3. The number of hydrogen-bond acceptors (Lipinski definition) is 2. The summed E-state index contributed by atoms with van der Waals surface area (Å²) in [6.45, 7) is 2.92. The molecule has 12 heavy (non-hydrogen) atoms. The third-order valence-corrected chi connectivity index (χ3v) is 2.50. The average molecular weight is 166 g/mol. The van der Waals surface area contributed by atoms with Crippen LogP contribution in [0.1, 0.15) is 23.6 Å². The molecule has 1 aliphatic carbocycles. The van der Waals surface area contributed by atoms with Crippen LogP contribution in [0, 0.1) is 6.92 Å². The van der Waals surface area contributed by atoms with Gasteiger partial charge in [0.2, 0.25) is 0 Å². The molecule has 0 spiro atoms.